The van der Waals surface area contributed by atoms with E-state index in [1.807, 2.05) is 0 Å². The number of carbonyl (C=O) groups excluding carboxylic acids is 1. The van der Waals surface area contributed by atoms with Crippen LogP contribution in [0.25, 0.3) is 0 Å². The second kappa shape index (κ2) is 12.3. The predicted molar refractivity (Wildman–Crippen MR) is 30.2 cm³/mol. The van der Waals surface area contributed by atoms with Crippen LogP contribution in [0, 0.1) is 0 Å². The van der Waals surface area contributed by atoms with Gasteiger partial charge in [-0.15, -0.1) is 5.76 Å². The normalized spacial score (nSPS) is 8.00. The summed E-state index contributed by atoms with van der Waals surface area (Å²) in [6, 6.07) is 0. The molecule has 0 saturated carbocycles. The number of hydrogen-bond acceptors (Lipinski definition) is 2. The largest absolute Gasteiger partial charge is 4.00 e. The topological polar surface area (TPSA) is 40.1 Å². The van der Waals surface area contributed by atoms with Crippen molar-refractivity contribution in [2.75, 3.05) is 0 Å². The third-order valence-corrected chi connectivity index (χ3v) is 0.407. The molecule has 0 saturated heterocycles. The summed E-state index contributed by atoms with van der Waals surface area (Å²) >= 11 is 0. The number of halogens is 2. The Hall–Kier alpha value is 0.589. The molecule has 56 valence electrons. The van der Waals surface area contributed by atoms with E-state index in [0.717, 1.165) is 6.08 Å². The van der Waals surface area contributed by atoms with Crippen LogP contribution in [-0.4, -0.2) is 29.7 Å². The predicted octanol–water partition coefficient (Wildman–Crippen LogP) is -6.53. The van der Waals surface area contributed by atoms with E-state index in [9.17, 15) is 9.90 Å². The van der Waals surface area contributed by atoms with Crippen molar-refractivity contribution >= 4 is 29.7 Å². The molecule has 0 spiro atoms. The number of hydrogen-bond donors (Lipinski definition) is 0. The van der Waals surface area contributed by atoms with E-state index >= 15 is 0 Å². The van der Waals surface area contributed by atoms with Gasteiger partial charge in [-0.05, 0) is 13.0 Å². The molecule has 2 nitrogen and oxygen atoms in total. The van der Waals surface area contributed by atoms with E-state index in [0.29, 0.717) is 0 Å². The van der Waals surface area contributed by atoms with Gasteiger partial charge in [-0.2, -0.15) is 0 Å². The van der Waals surface area contributed by atoms with Gasteiger partial charge in [0.25, 0.3) is 0 Å². The van der Waals surface area contributed by atoms with E-state index in [2.05, 4.69) is 0 Å². The van der Waals surface area contributed by atoms with Crippen LogP contribution in [0.5, 0.6) is 0 Å². The average molecular weight is 289 g/mol. The summed E-state index contributed by atoms with van der Waals surface area (Å²) < 4.78 is 0. The van der Waals surface area contributed by atoms with Crippen molar-refractivity contribution in [3.8, 4) is 0 Å². The molecule has 0 amide bonds. The molecular weight excluding hydrogens is 282 g/mol. The maximum Gasteiger partial charge on any atom is 4.00 e. The zero-order valence-corrected chi connectivity index (χ0v) is 10.0. The Labute approximate surface area is 89.8 Å². The molecule has 0 N–H and O–H groups in total. The van der Waals surface area contributed by atoms with Crippen LogP contribution in [0.4, 0.5) is 0 Å². The van der Waals surface area contributed by atoms with Crippen LogP contribution < -0.4 is 29.9 Å². The molecule has 0 radical (unpaired) electrons. The fourth-order valence-corrected chi connectivity index (χ4v) is 0.286. The molecular formula is C5H7Cl2O2Sn+. The maximum atomic E-state index is 9.98. The van der Waals surface area contributed by atoms with Crippen molar-refractivity contribution in [3.63, 3.8) is 0 Å². The van der Waals surface area contributed by atoms with Crippen molar-refractivity contribution in [3.05, 3.63) is 11.8 Å². The van der Waals surface area contributed by atoms with Crippen molar-refractivity contribution in [1.82, 2.24) is 0 Å². The van der Waals surface area contributed by atoms with Gasteiger partial charge < -0.3 is 29.9 Å². The summed E-state index contributed by atoms with van der Waals surface area (Å²) in [5.74, 6) is -0.375. The Morgan fingerprint density at radius 1 is 1.30 bits per heavy atom. The summed E-state index contributed by atoms with van der Waals surface area (Å²) in [5, 5.41) is 9.98. The van der Waals surface area contributed by atoms with Gasteiger partial charge in [0, 0.05) is 0 Å². The monoisotopic (exact) mass is 289 g/mol. The third kappa shape index (κ3) is 23.5. The first-order valence-corrected chi connectivity index (χ1v) is 1.99. The van der Waals surface area contributed by atoms with Crippen molar-refractivity contribution < 1.29 is 34.7 Å². The van der Waals surface area contributed by atoms with Crippen molar-refractivity contribution in [2.45, 2.75) is 13.8 Å². The van der Waals surface area contributed by atoms with Crippen LogP contribution in [0.2, 0.25) is 0 Å². The van der Waals surface area contributed by atoms with Gasteiger partial charge in [-0.1, -0.05) is 6.92 Å². The van der Waals surface area contributed by atoms with E-state index in [1.54, 1.807) is 0 Å². The van der Waals surface area contributed by atoms with Crippen LogP contribution in [0.15, 0.2) is 11.8 Å². The Kier molecular flexibility index (Phi) is 27.5. The first-order chi connectivity index (χ1) is 3.13. The molecule has 0 atom stereocenters. The van der Waals surface area contributed by atoms with Gasteiger partial charge in [-0.3, -0.25) is 4.79 Å². The second-order valence-corrected chi connectivity index (χ2v) is 1.37. The second-order valence-electron chi connectivity index (χ2n) is 1.37. The fourth-order valence-electron chi connectivity index (χ4n) is 0.286. The number of allylic oxidation sites excluding steroid dienone is 2. The Morgan fingerprint density at radius 3 is 1.60 bits per heavy atom. The maximum absolute atomic E-state index is 9.98. The molecule has 0 heterocycles. The molecule has 0 fully saturated rings. The van der Waals surface area contributed by atoms with E-state index in [-0.39, 0.29) is 60.3 Å². The molecule has 0 aliphatic heterocycles. The molecule has 0 rings (SSSR count). The van der Waals surface area contributed by atoms with Gasteiger partial charge in [0.1, 0.15) is 0 Å². The SMILES string of the molecule is CC(=O)/C=C(/C)[O-].[Cl-].[Cl-].[Sn+4]. The fraction of sp³-hybridized carbons (Fsp3) is 0.400. The van der Waals surface area contributed by atoms with E-state index in [1.165, 1.54) is 13.8 Å². The standard InChI is InChI=1S/C5H8O2.2ClH.Sn/c1-4(6)3-5(2)7;;;/h3,6H,1-2H3;2*1H;/q;;;+4/p-3/b4-3-;;;. The average Bonchev–Trinajstić information content (AvgIpc) is 1.27. The summed E-state index contributed by atoms with van der Waals surface area (Å²) in [6.45, 7) is 2.70. The van der Waals surface area contributed by atoms with Gasteiger partial charge >= 0.3 is 23.9 Å². The first kappa shape index (κ1) is 22.4. The number of carbonyl (C=O) groups is 1. The summed E-state index contributed by atoms with van der Waals surface area (Å²) in [4.78, 5) is 9.98. The minimum absolute atomic E-state index is 0. The Balaban J connectivity index is -0.0000000600. The smallest absolute Gasteiger partial charge is 1.00 e. The first-order valence-electron chi connectivity index (χ1n) is 1.99. The number of ketones is 1. The quantitative estimate of drug-likeness (QED) is 0.274. The van der Waals surface area contributed by atoms with Gasteiger partial charge in [0.05, 0.1) is 0 Å². The minimum Gasteiger partial charge on any atom is -1.00 e. The summed E-state index contributed by atoms with van der Waals surface area (Å²) in [7, 11) is 0. The van der Waals surface area contributed by atoms with E-state index in [4.69, 9.17) is 0 Å². The minimum atomic E-state index is -0.187. The molecule has 5 heteroatoms. The van der Waals surface area contributed by atoms with Crippen LogP contribution >= 0.6 is 0 Å². The molecule has 10 heavy (non-hydrogen) atoms. The number of rotatable bonds is 1. The van der Waals surface area contributed by atoms with E-state index < -0.39 is 0 Å². The third-order valence-electron chi connectivity index (χ3n) is 0.407. The Bertz CT molecular complexity index is 110. The van der Waals surface area contributed by atoms with Crippen LogP contribution in [0.3, 0.4) is 0 Å². The van der Waals surface area contributed by atoms with Crippen LogP contribution in [-0.2, 0) is 4.79 Å². The molecule has 0 unspecified atom stereocenters. The van der Waals surface area contributed by atoms with Gasteiger partial charge in [-0.25, -0.2) is 0 Å². The van der Waals surface area contributed by atoms with Gasteiger partial charge in [0.2, 0.25) is 0 Å². The van der Waals surface area contributed by atoms with Crippen molar-refractivity contribution in [2.24, 2.45) is 0 Å². The molecule has 0 aromatic rings. The molecule has 0 aliphatic carbocycles. The molecule has 0 aromatic heterocycles. The summed E-state index contributed by atoms with van der Waals surface area (Å²) in [5.41, 5.74) is 0. The Morgan fingerprint density at radius 2 is 1.60 bits per heavy atom. The summed E-state index contributed by atoms with van der Waals surface area (Å²) in [6.07, 6.45) is 1.06. The zero-order chi connectivity index (χ0) is 5.86. The van der Waals surface area contributed by atoms with Gasteiger partial charge in [0.15, 0.2) is 5.78 Å². The van der Waals surface area contributed by atoms with Crippen molar-refractivity contribution in [1.29, 1.82) is 0 Å². The molecule has 0 bridgehead atoms. The van der Waals surface area contributed by atoms with Crippen LogP contribution in [0.1, 0.15) is 13.8 Å². The molecule has 0 aromatic carbocycles. The zero-order valence-electron chi connectivity index (χ0n) is 5.65. The molecule has 0 aliphatic rings.